The van der Waals surface area contributed by atoms with Crippen LogP contribution < -0.4 is 14.6 Å². The number of hydrogen-bond donors (Lipinski definition) is 2. The monoisotopic (exact) mass is 250 g/mol. The molecular formula is C8H11ClN2O3S. The highest BCUT2D eigenvalue weighted by Gasteiger charge is 2.09. The van der Waals surface area contributed by atoms with E-state index in [0.717, 1.165) is 0 Å². The van der Waals surface area contributed by atoms with Crippen molar-refractivity contribution in [2.75, 3.05) is 11.3 Å². The molecule has 15 heavy (non-hydrogen) atoms. The maximum atomic E-state index is 10.8. The second-order valence-electron chi connectivity index (χ2n) is 2.72. The Morgan fingerprint density at radius 2 is 2.20 bits per heavy atom. The van der Waals surface area contributed by atoms with Crippen LogP contribution in [0.3, 0.4) is 0 Å². The Hall–Kier alpha value is -0.980. The van der Waals surface area contributed by atoms with Crippen LogP contribution >= 0.6 is 11.6 Å². The van der Waals surface area contributed by atoms with Crippen molar-refractivity contribution in [1.82, 2.24) is 0 Å². The first-order valence-electron chi connectivity index (χ1n) is 4.15. The van der Waals surface area contributed by atoms with E-state index in [9.17, 15) is 8.42 Å². The van der Waals surface area contributed by atoms with Crippen LogP contribution in [0.5, 0.6) is 5.75 Å². The average molecular weight is 251 g/mol. The van der Waals surface area contributed by atoms with E-state index in [1.54, 1.807) is 19.1 Å². The molecule has 0 bridgehead atoms. The van der Waals surface area contributed by atoms with Crippen molar-refractivity contribution in [2.45, 2.75) is 6.92 Å². The highest BCUT2D eigenvalue weighted by atomic mass is 35.5. The summed E-state index contributed by atoms with van der Waals surface area (Å²) in [6, 6.07) is 4.59. The van der Waals surface area contributed by atoms with Gasteiger partial charge in [0.15, 0.2) is 0 Å². The Balaban J connectivity index is 3.07. The molecule has 0 aromatic heterocycles. The van der Waals surface area contributed by atoms with E-state index in [4.69, 9.17) is 21.5 Å². The molecule has 0 atom stereocenters. The van der Waals surface area contributed by atoms with Gasteiger partial charge in [-0.1, -0.05) is 11.6 Å². The number of hydrogen-bond acceptors (Lipinski definition) is 3. The van der Waals surface area contributed by atoms with Crippen LogP contribution in [0.25, 0.3) is 0 Å². The van der Waals surface area contributed by atoms with Crippen LogP contribution in [0.1, 0.15) is 6.92 Å². The molecule has 0 amide bonds. The summed E-state index contributed by atoms with van der Waals surface area (Å²) < 4.78 is 29.0. The third-order valence-electron chi connectivity index (χ3n) is 1.49. The number of nitrogens with one attached hydrogen (secondary N) is 1. The SMILES string of the molecule is CCOc1ccc(Cl)cc1NS(N)(=O)=O. The molecule has 7 heteroatoms. The van der Waals surface area contributed by atoms with E-state index in [0.29, 0.717) is 17.4 Å². The minimum Gasteiger partial charge on any atom is -0.492 e. The molecule has 0 aliphatic carbocycles. The highest BCUT2D eigenvalue weighted by Crippen LogP contribution is 2.28. The maximum absolute atomic E-state index is 10.8. The van der Waals surface area contributed by atoms with Crippen molar-refractivity contribution < 1.29 is 13.2 Å². The molecule has 5 nitrogen and oxygen atoms in total. The zero-order valence-electron chi connectivity index (χ0n) is 8.03. The van der Waals surface area contributed by atoms with Gasteiger partial charge in [-0.2, -0.15) is 8.42 Å². The first-order chi connectivity index (χ1) is 6.92. The summed E-state index contributed by atoms with van der Waals surface area (Å²) in [4.78, 5) is 0. The van der Waals surface area contributed by atoms with Crippen molar-refractivity contribution >= 4 is 27.5 Å². The number of benzene rings is 1. The van der Waals surface area contributed by atoms with Gasteiger partial charge in [0, 0.05) is 5.02 Å². The first-order valence-corrected chi connectivity index (χ1v) is 6.07. The Morgan fingerprint density at radius 1 is 1.53 bits per heavy atom. The van der Waals surface area contributed by atoms with E-state index in [1.165, 1.54) is 6.07 Å². The number of nitrogens with two attached hydrogens (primary N) is 1. The Bertz CT molecular complexity index is 447. The smallest absolute Gasteiger partial charge is 0.296 e. The molecule has 0 heterocycles. The number of ether oxygens (including phenoxy) is 1. The molecule has 0 saturated heterocycles. The van der Waals surface area contributed by atoms with Crippen LogP contribution in [0.4, 0.5) is 5.69 Å². The van der Waals surface area contributed by atoms with Gasteiger partial charge >= 0.3 is 0 Å². The minimum atomic E-state index is -3.82. The summed E-state index contributed by atoms with van der Waals surface area (Å²) in [7, 11) is -3.82. The standard InChI is InChI=1S/C8H11ClN2O3S/c1-2-14-8-4-3-6(9)5-7(8)11-15(10,12)13/h3-5,11H,2H2,1H3,(H2,10,12,13). The van der Waals surface area contributed by atoms with Gasteiger partial charge in [0.2, 0.25) is 0 Å². The van der Waals surface area contributed by atoms with Crippen LogP contribution in [-0.4, -0.2) is 15.0 Å². The fourth-order valence-electron chi connectivity index (χ4n) is 1.02. The fraction of sp³-hybridized carbons (Fsp3) is 0.250. The minimum absolute atomic E-state index is 0.229. The van der Waals surface area contributed by atoms with E-state index >= 15 is 0 Å². The van der Waals surface area contributed by atoms with E-state index in [1.807, 2.05) is 0 Å². The Kier molecular flexibility index (Phi) is 3.78. The lowest BCUT2D eigenvalue weighted by Crippen LogP contribution is -2.22. The summed E-state index contributed by atoms with van der Waals surface area (Å²) in [5.74, 6) is 0.385. The normalized spacial score (nSPS) is 11.1. The van der Waals surface area contributed by atoms with Crippen LogP contribution in [0.15, 0.2) is 18.2 Å². The van der Waals surface area contributed by atoms with Gasteiger partial charge in [-0.15, -0.1) is 0 Å². The molecule has 1 aromatic carbocycles. The molecule has 0 unspecified atom stereocenters. The number of rotatable bonds is 4. The highest BCUT2D eigenvalue weighted by molar-refractivity contribution is 7.90. The quantitative estimate of drug-likeness (QED) is 0.846. The van der Waals surface area contributed by atoms with Crippen molar-refractivity contribution in [2.24, 2.45) is 5.14 Å². The van der Waals surface area contributed by atoms with Gasteiger partial charge in [0.05, 0.1) is 12.3 Å². The summed E-state index contributed by atoms with van der Waals surface area (Å²) in [6.07, 6.45) is 0. The van der Waals surface area contributed by atoms with Crippen LogP contribution in [0, 0.1) is 0 Å². The van der Waals surface area contributed by atoms with E-state index in [2.05, 4.69) is 4.72 Å². The van der Waals surface area contributed by atoms with Gasteiger partial charge < -0.3 is 4.74 Å². The third-order valence-corrected chi connectivity index (χ3v) is 2.23. The molecular weight excluding hydrogens is 240 g/mol. The number of anilines is 1. The zero-order chi connectivity index (χ0) is 11.5. The van der Waals surface area contributed by atoms with Crippen molar-refractivity contribution in [3.05, 3.63) is 23.2 Å². The van der Waals surface area contributed by atoms with Crippen molar-refractivity contribution in [1.29, 1.82) is 0 Å². The van der Waals surface area contributed by atoms with E-state index < -0.39 is 10.2 Å². The second kappa shape index (κ2) is 4.69. The molecule has 0 radical (unpaired) electrons. The zero-order valence-corrected chi connectivity index (χ0v) is 9.60. The largest absolute Gasteiger partial charge is 0.492 e. The van der Waals surface area contributed by atoms with Gasteiger partial charge in [0.25, 0.3) is 10.2 Å². The lowest BCUT2D eigenvalue weighted by Gasteiger charge is -2.10. The molecule has 0 aliphatic rings. The van der Waals surface area contributed by atoms with E-state index in [-0.39, 0.29) is 5.69 Å². The molecule has 1 aromatic rings. The summed E-state index contributed by atoms with van der Waals surface area (Å²) in [5, 5.41) is 5.24. The lowest BCUT2D eigenvalue weighted by molar-refractivity contribution is 0.342. The Labute approximate surface area is 93.4 Å². The summed E-state index contributed by atoms with van der Waals surface area (Å²) >= 11 is 5.71. The van der Waals surface area contributed by atoms with Crippen LogP contribution in [-0.2, 0) is 10.2 Å². The summed E-state index contributed by atoms with van der Waals surface area (Å²) in [5.41, 5.74) is 0.229. The first kappa shape index (κ1) is 12.1. The third kappa shape index (κ3) is 3.94. The molecule has 84 valence electrons. The second-order valence-corrected chi connectivity index (χ2v) is 4.45. The van der Waals surface area contributed by atoms with Gasteiger partial charge in [-0.25, -0.2) is 5.14 Å². The van der Waals surface area contributed by atoms with Crippen molar-refractivity contribution in [3.8, 4) is 5.75 Å². The predicted molar refractivity (Wildman–Crippen MR) is 59.4 cm³/mol. The van der Waals surface area contributed by atoms with Gasteiger partial charge in [-0.05, 0) is 25.1 Å². The lowest BCUT2D eigenvalue weighted by atomic mass is 10.3. The molecule has 3 N–H and O–H groups in total. The average Bonchev–Trinajstić information content (AvgIpc) is 2.07. The molecule has 0 saturated carbocycles. The summed E-state index contributed by atoms with van der Waals surface area (Å²) in [6.45, 7) is 2.20. The molecule has 0 spiro atoms. The molecule has 0 aliphatic heterocycles. The van der Waals surface area contributed by atoms with Gasteiger partial charge in [0.1, 0.15) is 5.75 Å². The maximum Gasteiger partial charge on any atom is 0.296 e. The topological polar surface area (TPSA) is 81.4 Å². The fourth-order valence-corrected chi connectivity index (χ4v) is 1.65. The number of halogens is 1. The van der Waals surface area contributed by atoms with Gasteiger partial charge in [-0.3, -0.25) is 4.72 Å². The van der Waals surface area contributed by atoms with Crippen LogP contribution in [0.2, 0.25) is 5.02 Å². The van der Waals surface area contributed by atoms with Crippen molar-refractivity contribution in [3.63, 3.8) is 0 Å². The molecule has 1 rings (SSSR count). The Morgan fingerprint density at radius 3 is 2.73 bits per heavy atom. The molecule has 0 fully saturated rings. The predicted octanol–water partition coefficient (Wildman–Crippen LogP) is 1.35.